The van der Waals surface area contributed by atoms with Crippen LogP contribution in [0, 0.1) is 0 Å². The van der Waals surface area contributed by atoms with Crippen LogP contribution in [0.3, 0.4) is 0 Å². The maximum absolute atomic E-state index is 11.0. The van der Waals surface area contributed by atoms with E-state index in [1.54, 1.807) is 6.07 Å². The van der Waals surface area contributed by atoms with Gasteiger partial charge in [-0.2, -0.15) is 11.8 Å². The van der Waals surface area contributed by atoms with Gasteiger partial charge in [0, 0.05) is 16.8 Å². The molecule has 0 bridgehead atoms. The summed E-state index contributed by atoms with van der Waals surface area (Å²) in [6.07, 6.45) is 2.06. The molecule has 0 spiro atoms. The average Bonchev–Trinajstić information content (AvgIpc) is 2.37. The maximum Gasteiger partial charge on any atom is 0.323 e. The van der Waals surface area contributed by atoms with Crippen molar-refractivity contribution in [3.05, 3.63) is 29.3 Å². The molecule has 1 heterocycles. The zero-order valence-corrected chi connectivity index (χ0v) is 11.6. The van der Waals surface area contributed by atoms with Gasteiger partial charge in [-0.1, -0.05) is 17.7 Å². The highest BCUT2D eigenvalue weighted by Crippen LogP contribution is 2.28. The fourth-order valence-electron chi connectivity index (χ4n) is 2.23. The Morgan fingerprint density at radius 1 is 1.44 bits per heavy atom. The normalized spacial score (nSPS) is 16.5. The third-order valence-corrected chi connectivity index (χ3v) is 4.36. The number of carbonyl (C=O) groups is 1. The first-order valence-electron chi connectivity index (χ1n) is 5.98. The van der Waals surface area contributed by atoms with Gasteiger partial charge in [0.25, 0.3) is 0 Å². The molecular formula is C13H16ClNO2S. The topological polar surface area (TPSA) is 40.5 Å². The van der Waals surface area contributed by atoms with Crippen molar-refractivity contribution < 1.29 is 9.90 Å². The van der Waals surface area contributed by atoms with Gasteiger partial charge in [-0.25, -0.2) is 0 Å². The van der Waals surface area contributed by atoms with Crippen LogP contribution in [0.5, 0.6) is 0 Å². The lowest BCUT2D eigenvalue weighted by Gasteiger charge is -2.34. The first-order chi connectivity index (χ1) is 8.66. The molecule has 1 aliphatic rings. The zero-order valence-electron chi connectivity index (χ0n) is 10.0. The van der Waals surface area contributed by atoms with Crippen LogP contribution in [-0.2, 0) is 4.79 Å². The number of halogens is 1. The first kappa shape index (κ1) is 13.6. The monoisotopic (exact) mass is 285 g/mol. The van der Waals surface area contributed by atoms with Crippen molar-refractivity contribution in [2.45, 2.75) is 18.9 Å². The third kappa shape index (κ3) is 3.56. The van der Waals surface area contributed by atoms with E-state index in [0.717, 1.165) is 30.0 Å². The highest BCUT2D eigenvalue weighted by molar-refractivity contribution is 7.99. The fourth-order valence-corrected chi connectivity index (χ4v) is 3.49. The summed E-state index contributed by atoms with van der Waals surface area (Å²) in [7, 11) is 0. The molecule has 1 N–H and O–H groups in total. The van der Waals surface area contributed by atoms with E-state index < -0.39 is 5.97 Å². The summed E-state index contributed by atoms with van der Waals surface area (Å²) in [5.74, 6) is 1.40. The number of rotatable bonds is 4. The van der Waals surface area contributed by atoms with Crippen LogP contribution in [-0.4, -0.2) is 35.2 Å². The van der Waals surface area contributed by atoms with Crippen molar-refractivity contribution in [1.82, 2.24) is 0 Å². The van der Waals surface area contributed by atoms with Crippen molar-refractivity contribution in [3.63, 3.8) is 0 Å². The smallest absolute Gasteiger partial charge is 0.323 e. The lowest BCUT2D eigenvalue weighted by atomic mass is 10.1. The average molecular weight is 286 g/mol. The summed E-state index contributed by atoms with van der Waals surface area (Å²) in [6, 6.07) is 7.74. The molecular weight excluding hydrogens is 270 g/mol. The number of benzene rings is 1. The molecule has 1 fully saturated rings. The van der Waals surface area contributed by atoms with Gasteiger partial charge in [-0.05, 0) is 42.5 Å². The number of anilines is 1. The molecule has 2 rings (SSSR count). The van der Waals surface area contributed by atoms with E-state index in [1.807, 2.05) is 34.9 Å². The molecule has 0 atom stereocenters. The highest BCUT2D eigenvalue weighted by atomic mass is 35.5. The van der Waals surface area contributed by atoms with Gasteiger partial charge in [-0.15, -0.1) is 0 Å². The summed E-state index contributed by atoms with van der Waals surface area (Å²) >= 11 is 7.92. The van der Waals surface area contributed by atoms with E-state index in [2.05, 4.69) is 0 Å². The highest BCUT2D eigenvalue weighted by Gasteiger charge is 2.23. The second kappa shape index (κ2) is 6.34. The molecule has 1 aliphatic heterocycles. The van der Waals surface area contributed by atoms with Gasteiger partial charge in [0.05, 0.1) is 0 Å². The summed E-state index contributed by atoms with van der Waals surface area (Å²) in [5.41, 5.74) is 0.904. The minimum atomic E-state index is -0.798. The van der Waals surface area contributed by atoms with E-state index >= 15 is 0 Å². The Morgan fingerprint density at radius 3 is 2.78 bits per heavy atom. The number of nitrogens with zero attached hydrogens (tertiary/aromatic N) is 1. The lowest BCUT2D eigenvalue weighted by molar-refractivity contribution is -0.135. The number of aliphatic carboxylic acids is 1. The molecule has 3 nitrogen and oxygen atoms in total. The van der Waals surface area contributed by atoms with Crippen LogP contribution in [0.15, 0.2) is 24.3 Å². The number of carboxylic acid groups (broad SMARTS) is 1. The molecule has 5 heteroatoms. The van der Waals surface area contributed by atoms with Crippen molar-refractivity contribution in [3.8, 4) is 0 Å². The molecule has 98 valence electrons. The fraction of sp³-hybridized carbons (Fsp3) is 0.462. The van der Waals surface area contributed by atoms with Gasteiger partial charge in [0.2, 0.25) is 0 Å². The van der Waals surface area contributed by atoms with E-state index in [4.69, 9.17) is 16.7 Å². The molecule has 0 radical (unpaired) electrons. The van der Waals surface area contributed by atoms with Crippen molar-refractivity contribution in [1.29, 1.82) is 0 Å². The Labute approximate surface area is 116 Å². The second-order valence-electron chi connectivity index (χ2n) is 4.35. The molecule has 0 aliphatic carbocycles. The molecule has 0 amide bonds. The van der Waals surface area contributed by atoms with Gasteiger partial charge >= 0.3 is 5.97 Å². The summed E-state index contributed by atoms with van der Waals surface area (Å²) < 4.78 is 0. The van der Waals surface area contributed by atoms with Crippen LogP contribution >= 0.6 is 23.4 Å². The molecule has 1 aromatic carbocycles. The van der Waals surface area contributed by atoms with Crippen LogP contribution < -0.4 is 4.90 Å². The van der Waals surface area contributed by atoms with Gasteiger partial charge in [0.15, 0.2) is 0 Å². The van der Waals surface area contributed by atoms with Crippen molar-refractivity contribution in [2.75, 3.05) is 23.0 Å². The third-order valence-electron chi connectivity index (χ3n) is 3.08. The van der Waals surface area contributed by atoms with Crippen LogP contribution in [0.2, 0.25) is 5.02 Å². The van der Waals surface area contributed by atoms with Gasteiger partial charge in [0.1, 0.15) is 6.54 Å². The van der Waals surface area contributed by atoms with E-state index in [1.165, 1.54) is 0 Å². The van der Waals surface area contributed by atoms with Crippen molar-refractivity contribution >= 4 is 35.0 Å². The van der Waals surface area contributed by atoms with E-state index in [9.17, 15) is 4.79 Å². The minimum Gasteiger partial charge on any atom is -0.480 e. The van der Waals surface area contributed by atoms with Gasteiger partial charge in [-0.3, -0.25) is 4.79 Å². The van der Waals surface area contributed by atoms with Crippen LogP contribution in [0.1, 0.15) is 12.8 Å². The molecule has 0 unspecified atom stereocenters. The molecule has 0 aromatic heterocycles. The number of hydrogen-bond donors (Lipinski definition) is 1. The van der Waals surface area contributed by atoms with E-state index in [0.29, 0.717) is 11.1 Å². The Morgan fingerprint density at radius 2 is 2.17 bits per heavy atom. The van der Waals surface area contributed by atoms with E-state index in [-0.39, 0.29) is 6.54 Å². The summed E-state index contributed by atoms with van der Waals surface area (Å²) in [4.78, 5) is 13.0. The molecule has 0 saturated carbocycles. The number of carboxylic acids is 1. The first-order valence-corrected chi connectivity index (χ1v) is 7.52. The van der Waals surface area contributed by atoms with Crippen LogP contribution in [0.25, 0.3) is 0 Å². The molecule has 1 saturated heterocycles. The molecule has 1 aromatic rings. The SMILES string of the molecule is O=C(O)CN(c1cccc(Cl)c1)C1CCSCC1. The molecule has 18 heavy (non-hydrogen) atoms. The van der Waals surface area contributed by atoms with Crippen LogP contribution in [0.4, 0.5) is 5.69 Å². The summed E-state index contributed by atoms with van der Waals surface area (Å²) in [5, 5.41) is 9.71. The summed E-state index contributed by atoms with van der Waals surface area (Å²) in [6.45, 7) is 0.0374. The quantitative estimate of drug-likeness (QED) is 0.923. The minimum absolute atomic E-state index is 0.0374. The zero-order chi connectivity index (χ0) is 13.0. The van der Waals surface area contributed by atoms with Gasteiger partial charge < -0.3 is 10.0 Å². The lowest BCUT2D eigenvalue weighted by Crippen LogP contribution is -2.41. The predicted molar refractivity (Wildman–Crippen MR) is 76.8 cm³/mol. The Hall–Kier alpha value is -0.870. The largest absolute Gasteiger partial charge is 0.480 e. The number of thioether (sulfide) groups is 1. The Bertz CT molecular complexity index is 421. The standard InChI is InChI=1S/C13H16ClNO2S/c14-10-2-1-3-12(8-10)15(9-13(16)17)11-4-6-18-7-5-11/h1-3,8,11H,4-7,9H2,(H,16,17). The van der Waals surface area contributed by atoms with Crippen molar-refractivity contribution in [2.24, 2.45) is 0 Å². The number of hydrogen-bond acceptors (Lipinski definition) is 3. The Balaban J connectivity index is 2.20. The predicted octanol–water partition coefficient (Wildman–Crippen LogP) is 3.13. The second-order valence-corrected chi connectivity index (χ2v) is 6.01. The Kier molecular flexibility index (Phi) is 4.78. The maximum atomic E-state index is 11.0.